The molecule has 0 radical (unpaired) electrons. The number of carbonyl (C=O) groups excluding carboxylic acids is 3. The molecule has 1 aliphatic rings. The van der Waals surface area contributed by atoms with Gasteiger partial charge in [-0.15, -0.1) is 0 Å². The summed E-state index contributed by atoms with van der Waals surface area (Å²) in [5.74, 6) is -0.714. The Morgan fingerprint density at radius 1 is 1.03 bits per heavy atom. The van der Waals surface area contributed by atoms with Crippen LogP contribution in [0.15, 0.2) is 54.6 Å². The summed E-state index contributed by atoms with van der Waals surface area (Å²) in [5, 5.41) is 2.74. The Morgan fingerprint density at radius 2 is 1.79 bits per heavy atom. The van der Waals surface area contributed by atoms with E-state index in [1.54, 1.807) is 18.2 Å². The zero-order chi connectivity index (χ0) is 23.5. The number of benzene rings is 2. The largest absolute Gasteiger partial charge is 0.493 e. The van der Waals surface area contributed by atoms with E-state index in [0.29, 0.717) is 31.0 Å². The zero-order valence-corrected chi connectivity index (χ0v) is 19.1. The summed E-state index contributed by atoms with van der Waals surface area (Å²) in [6.45, 7) is 3.44. The van der Waals surface area contributed by atoms with Crippen LogP contribution in [0.1, 0.15) is 54.9 Å². The molecule has 0 bridgehead atoms. The molecule has 1 heterocycles. The number of unbranched alkanes of at least 4 members (excludes halogenated alkanes) is 3. The Labute approximate surface area is 195 Å². The Balaban J connectivity index is 1.65. The van der Waals surface area contributed by atoms with Crippen molar-refractivity contribution in [1.29, 1.82) is 0 Å². The number of nitrogens with one attached hydrogen (secondary N) is 1. The molecular formula is C26H32N2O5. The molecule has 1 atom stereocenters. The molecule has 0 aromatic heterocycles. The molecule has 1 saturated heterocycles. The van der Waals surface area contributed by atoms with Crippen molar-refractivity contribution in [2.45, 2.75) is 51.7 Å². The van der Waals surface area contributed by atoms with Crippen LogP contribution in [0.3, 0.4) is 0 Å². The number of rotatable bonds is 11. The third kappa shape index (κ3) is 7.07. The highest BCUT2D eigenvalue weighted by Gasteiger charge is 2.36. The molecule has 7 heteroatoms. The summed E-state index contributed by atoms with van der Waals surface area (Å²) in [6.07, 6.45) is 4.07. The van der Waals surface area contributed by atoms with Gasteiger partial charge in [0.05, 0.1) is 18.6 Å². The van der Waals surface area contributed by atoms with Gasteiger partial charge >= 0.3 is 5.97 Å². The van der Waals surface area contributed by atoms with Crippen molar-refractivity contribution in [1.82, 2.24) is 10.2 Å². The molecule has 2 aromatic carbocycles. The molecule has 0 aliphatic carbocycles. The van der Waals surface area contributed by atoms with Crippen LogP contribution >= 0.6 is 0 Å². The lowest BCUT2D eigenvalue weighted by atomic mass is 10.1. The van der Waals surface area contributed by atoms with Crippen molar-refractivity contribution >= 4 is 17.8 Å². The number of ether oxygens (including phenoxy) is 2. The first-order valence-corrected chi connectivity index (χ1v) is 11.6. The first-order valence-electron chi connectivity index (χ1n) is 11.6. The molecule has 7 nitrogen and oxygen atoms in total. The highest BCUT2D eigenvalue weighted by atomic mass is 16.5. The highest BCUT2D eigenvalue weighted by molar-refractivity contribution is 6.01. The van der Waals surface area contributed by atoms with E-state index in [1.807, 2.05) is 36.4 Å². The van der Waals surface area contributed by atoms with Gasteiger partial charge in [0.15, 0.2) is 0 Å². The number of esters is 1. The first kappa shape index (κ1) is 24.3. The number of hydrogen-bond acceptors (Lipinski definition) is 5. The SMILES string of the molecule is CCCCCCOc1ccccc1C(=O)N1CCNC(=O)C1CC(=O)OCc1ccccc1. The van der Waals surface area contributed by atoms with Crippen LogP contribution in [0.25, 0.3) is 0 Å². The molecular weight excluding hydrogens is 420 g/mol. The summed E-state index contributed by atoms with van der Waals surface area (Å²) < 4.78 is 11.2. The number of para-hydroxylation sites is 1. The van der Waals surface area contributed by atoms with Crippen molar-refractivity contribution in [2.75, 3.05) is 19.7 Å². The number of amides is 2. The van der Waals surface area contributed by atoms with Crippen molar-refractivity contribution in [3.63, 3.8) is 0 Å². The third-order valence-corrected chi connectivity index (χ3v) is 5.57. The summed E-state index contributed by atoms with van der Waals surface area (Å²) in [4.78, 5) is 39.9. The monoisotopic (exact) mass is 452 g/mol. The summed E-state index contributed by atoms with van der Waals surface area (Å²) in [6, 6.07) is 15.4. The smallest absolute Gasteiger partial charge is 0.308 e. The van der Waals surface area contributed by atoms with Crippen molar-refractivity contribution in [3.8, 4) is 5.75 Å². The lowest BCUT2D eigenvalue weighted by Crippen LogP contribution is -2.57. The molecule has 33 heavy (non-hydrogen) atoms. The Bertz CT molecular complexity index is 931. The van der Waals surface area contributed by atoms with Gasteiger partial charge in [0.1, 0.15) is 18.4 Å². The summed E-state index contributed by atoms with van der Waals surface area (Å²) in [5.41, 5.74) is 1.25. The van der Waals surface area contributed by atoms with Gasteiger partial charge in [-0.05, 0) is 24.1 Å². The Morgan fingerprint density at radius 3 is 2.58 bits per heavy atom. The second-order valence-corrected chi connectivity index (χ2v) is 8.06. The van der Waals surface area contributed by atoms with Gasteiger partial charge in [-0.2, -0.15) is 0 Å². The minimum absolute atomic E-state index is 0.122. The van der Waals surface area contributed by atoms with E-state index >= 15 is 0 Å². The Kier molecular flexibility index (Phi) is 9.30. The molecule has 2 aromatic rings. The van der Waals surface area contributed by atoms with Crippen LogP contribution in [0.4, 0.5) is 0 Å². The van der Waals surface area contributed by atoms with E-state index in [4.69, 9.17) is 9.47 Å². The van der Waals surface area contributed by atoms with Gasteiger partial charge in [-0.3, -0.25) is 14.4 Å². The molecule has 1 N–H and O–H groups in total. The molecule has 3 rings (SSSR count). The van der Waals surface area contributed by atoms with Gasteiger partial charge < -0.3 is 19.7 Å². The maximum absolute atomic E-state index is 13.4. The van der Waals surface area contributed by atoms with Crippen molar-refractivity contribution in [2.24, 2.45) is 0 Å². The minimum atomic E-state index is -0.924. The van der Waals surface area contributed by atoms with E-state index < -0.39 is 12.0 Å². The fourth-order valence-electron chi connectivity index (χ4n) is 3.75. The summed E-state index contributed by atoms with van der Waals surface area (Å²) >= 11 is 0. The molecule has 0 spiro atoms. The Hall–Kier alpha value is -3.35. The number of carbonyl (C=O) groups is 3. The fourth-order valence-corrected chi connectivity index (χ4v) is 3.75. The van der Waals surface area contributed by atoms with Crippen LogP contribution in [0.5, 0.6) is 5.75 Å². The van der Waals surface area contributed by atoms with Gasteiger partial charge in [-0.25, -0.2) is 0 Å². The molecule has 1 fully saturated rings. The van der Waals surface area contributed by atoms with E-state index in [2.05, 4.69) is 12.2 Å². The predicted molar refractivity (Wildman–Crippen MR) is 125 cm³/mol. The second kappa shape index (κ2) is 12.6. The van der Waals surface area contributed by atoms with Crippen LogP contribution in [0.2, 0.25) is 0 Å². The van der Waals surface area contributed by atoms with Crippen LogP contribution in [-0.4, -0.2) is 48.4 Å². The van der Waals surface area contributed by atoms with Gasteiger partial charge in [0.2, 0.25) is 5.91 Å². The zero-order valence-electron chi connectivity index (χ0n) is 19.1. The van der Waals surface area contributed by atoms with Crippen LogP contribution in [0, 0.1) is 0 Å². The molecule has 2 amide bonds. The van der Waals surface area contributed by atoms with Gasteiger partial charge in [-0.1, -0.05) is 68.7 Å². The molecule has 1 unspecified atom stereocenters. The minimum Gasteiger partial charge on any atom is -0.493 e. The number of nitrogens with zero attached hydrogens (tertiary/aromatic N) is 1. The van der Waals surface area contributed by atoms with E-state index in [-0.39, 0.29) is 24.8 Å². The molecule has 176 valence electrons. The first-order chi connectivity index (χ1) is 16.1. The highest BCUT2D eigenvalue weighted by Crippen LogP contribution is 2.23. The molecule has 1 aliphatic heterocycles. The predicted octanol–water partition coefficient (Wildman–Crippen LogP) is 3.72. The quantitative estimate of drug-likeness (QED) is 0.415. The van der Waals surface area contributed by atoms with E-state index in [1.165, 1.54) is 4.90 Å². The maximum atomic E-state index is 13.4. The average molecular weight is 453 g/mol. The number of hydrogen-bond donors (Lipinski definition) is 1. The van der Waals surface area contributed by atoms with Gasteiger partial charge in [0.25, 0.3) is 5.91 Å². The number of piperazine rings is 1. The van der Waals surface area contributed by atoms with Crippen molar-refractivity contribution < 1.29 is 23.9 Å². The third-order valence-electron chi connectivity index (χ3n) is 5.57. The lowest BCUT2D eigenvalue weighted by molar-refractivity contribution is -0.148. The summed E-state index contributed by atoms with van der Waals surface area (Å²) in [7, 11) is 0. The molecule has 0 saturated carbocycles. The van der Waals surface area contributed by atoms with Crippen LogP contribution in [-0.2, 0) is 20.9 Å². The van der Waals surface area contributed by atoms with Crippen LogP contribution < -0.4 is 10.1 Å². The maximum Gasteiger partial charge on any atom is 0.308 e. The standard InChI is InChI=1S/C26H32N2O5/c1-2-3-4-10-17-32-23-14-9-8-13-21(23)26(31)28-16-15-27-25(30)22(28)18-24(29)33-19-20-11-6-5-7-12-20/h5-9,11-14,22H,2-4,10,15-19H2,1H3,(H,27,30). The van der Waals surface area contributed by atoms with E-state index in [9.17, 15) is 14.4 Å². The average Bonchev–Trinajstić information content (AvgIpc) is 2.84. The van der Waals surface area contributed by atoms with Gasteiger partial charge in [0, 0.05) is 13.1 Å². The lowest BCUT2D eigenvalue weighted by Gasteiger charge is -2.34. The normalized spacial score (nSPS) is 15.6. The topological polar surface area (TPSA) is 84.9 Å². The van der Waals surface area contributed by atoms with Crippen molar-refractivity contribution in [3.05, 3.63) is 65.7 Å². The van der Waals surface area contributed by atoms with E-state index in [0.717, 1.165) is 31.2 Å². The fraction of sp³-hybridized carbons (Fsp3) is 0.423. The second-order valence-electron chi connectivity index (χ2n) is 8.06.